The number of nitrogens with two attached hydrogens (primary N) is 1. The molecule has 1 heterocycles. The first kappa shape index (κ1) is 18.8. The monoisotopic (exact) mass is 366 g/mol. The van der Waals surface area contributed by atoms with Crippen molar-refractivity contribution in [2.75, 3.05) is 7.11 Å². The molecule has 1 aromatic carbocycles. The Bertz CT molecular complexity index is 679. The van der Waals surface area contributed by atoms with Crippen LogP contribution in [0.5, 0.6) is 5.75 Å². The van der Waals surface area contributed by atoms with Crippen molar-refractivity contribution in [1.82, 2.24) is 5.32 Å². The van der Waals surface area contributed by atoms with Crippen LogP contribution in [0.25, 0.3) is 10.4 Å². The molecule has 3 N–H and O–H groups in total. The van der Waals surface area contributed by atoms with Gasteiger partial charge in [0.1, 0.15) is 5.75 Å². The highest BCUT2D eigenvalue weighted by Gasteiger charge is 2.36. The first-order chi connectivity index (χ1) is 11.1. The van der Waals surface area contributed by atoms with Gasteiger partial charge in [0.2, 0.25) is 5.91 Å². The molecule has 6 heteroatoms. The minimum Gasteiger partial charge on any atom is -0.497 e. The average Bonchev–Trinajstić information content (AvgIpc) is 3.22. The van der Waals surface area contributed by atoms with Crippen LogP contribution in [0.1, 0.15) is 30.6 Å². The maximum absolute atomic E-state index is 12.2. The molecule has 4 nitrogen and oxygen atoms in total. The number of halogens is 1. The Morgan fingerprint density at radius 3 is 2.50 bits per heavy atom. The van der Waals surface area contributed by atoms with Crippen LogP contribution in [0.3, 0.4) is 0 Å². The Balaban J connectivity index is 0.00000208. The summed E-state index contributed by atoms with van der Waals surface area (Å²) < 4.78 is 5.18. The van der Waals surface area contributed by atoms with Crippen LogP contribution in [0.15, 0.2) is 36.4 Å². The van der Waals surface area contributed by atoms with E-state index in [2.05, 4.69) is 17.4 Å². The molecule has 2 aromatic rings. The number of ether oxygens (including phenoxy) is 1. The van der Waals surface area contributed by atoms with Gasteiger partial charge in [-0.3, -0.25) is 4.79 Å². The third-order valence-electron chi connectivity index (χ3n) is 4.41. The lowest BCUT2D eigenvalue weighted by Gasteiger charge is -2.21. The minimum absolute atomic E-state index is 0. The molecule has 0 bridgehead atoms. The number of thiophene rings is 1. The highest BCUT2D eigenvalue weighted by molar-refractivity contribution is 7.15. The van der Waals surface area contributed by atoms with Crippen LogP contribution >= 0.6 is 23.7 Å². The molecule has 130 valence electrons. The third kappa shape index (κ3) is 4.09. The number of hydrogen-bond acceptors (Lipinski definition) is 4. The normalized spacial score (nSPS) is 15.6. The van der Waals surface area contributed by atoms with Crippen LogP contribution in [0.4, 0.5) is 0 Å². The quantitative estimate of drug-likeness (QED) is 0.847. The van der Waals surface area contributed by atoms with Crippen molar-refractivity contribution in [3.8, 4) is 16.2 Å². The van der Waals surface area contributed by atoms with Gasteiger partial charge in [0.15, 0.2) is 0 Å². The van der Waals surface area contributed by atoms with Crippen LogP contribution in [-0.2, 0) is 11.3 Å². The maximum atomic E-state index is 12.2. The second-order valence-corrected chi connectivity index (χ2v) is 7.21. The number of benzene rings is 1. The van der Waals surface area contributed by atoms with E-state index in [1.165, 1.54) is 4.88 Å². The summed E-state index contributed by atoms with van der Waals surface area (Å²) in [6.07, 6.45) is 3.68. The molecule has 0 spiro atoms. The molecule has 3 rings (SSSR count). The predicted octanol–water partition coefficient (Wildman–Crippen LogP) is 3.73. The highest BCUT2D eigenvalue weighted by atomic mass is 35.5. The van der Waals surface area contributed by atoms with Crippen molar-refractivity contribution in [2.24, 2.45) is 5.73 Å². The summed E-state index contributed by atoms with van der Waals surface area (Å²) in [5.74, 6) is 0.831. The van der Waals surface area contributed by atoms with Gasteiger partial charge in [-0.05, 0) is 54.8 Å². The van der Waals surface area contributed by atoms with Crippen LogP contribution < -0.4 is 15.8 Å². The predicted molar refractivity (Wildman–Crippen MR) is 101 cm³/mol. The number of amides is 1. The number of rotatable bonds is 5. The second-order valence-electron chi connectivity index (χ2n) is 6.04. The highest BCUT2D eigenvalue weighted by Crippen LogP contribution is 2.30. The molecule has 1 amide bonds. The van der Waals surface area contributed by atoms with Gasteiger partial charge in [0.25, 0.3) is 0 Å². The summed E-state index contributed by atoms with van der Waals surface area (Å²) in [5, 5.41) is 2.99. The maximum Gasteiger partial charge on any atom is 0.240 e. The lowest BCUT2D eigenvalue weighted by molar-refractivity contribution is -0.126. The summed E-state index contributed by atoms with van der Waals surface area (Å²) in [5.41, 5.74) is 6.67. The van der Waals surface area contributed by atoms with E-state index in [4.69, 9.17) is 10.5 Å². The fourth-order valence-electron chi connectivity index (χ4n) is 2.96. The molecule has 0 radical (unpaired) electrons. The van der Waals surface area contributed by atoms with Crippen molar-refractivity contribution in [2.45, 2.75) is 37.8 Å². The van der Waals surface area contributed by atoms with Crippen LogP contribution in [0, 0.1) is 0 Å². The number of nitrogens with one attached hydrogen (secondary N) is 1. The fraction of sp³-hybridized carbons (Fsp3) is 0.389. The largest absolute Gasteiger partial charge is 0.497 e. The Morgan fingerprint density at radius 1 is 1.21 bits per heavy atom. The molecule has 0 unspecified atom stereocenters. The molecule has 0 aliphatic heterocycles. The number of carbonyl (C=O) groups excluding carboxylic acids is 1. The summed E-state index contributed by atoms with van der Waals surface area (Å²) in [4.78, 5) is 14.6. The van der Waals surface area contributed by atoms with Crippen LogP contribution in [-0.4, -0.2) is 18.6 Å². The molecule has 1 aromatic heterocycles. The van der Waals surface area contributed by atoms with Crippen molar-refractivity contribution in [1.29, 1.82) is 0 Å². The second kappa shape index (κ2) is 8.01. The van der Waals surface area contributed by atoms with E-state index in [0.29, 0.717) is 6.54 Å². The van der Waals surface area contributed by atoms with Gasteiger partial charge in [-0.2, -0.15) is 0 Å². The molecule has 24 heavy (non-hydrogen) atoms. The average molecular weight is 367 g/mol. The van der Waals surface area contributed by atoms with E-state index in [9.17, 15) is 4.79 Å². The molecule has 1 aliphatic carbocycles. The summed E-state index contributed by atoms with van der Waals surface area (Å²) in [6.45, 7) is 0.540. The Kier molecular flexibility index (Phi) is 6.27. The van der Waals surface area contributed by atoms with E-state index in [-0.39, 0.29) is 18.3 Å². The first-order valence-corrected chi connectivity index (χ1v) is 8.73. The van der Waals surface area contributed by atoms with Gasteiger partial charge in [-0.25, -0.2) is 0 Å². The fourth-order valence-corrected chi connectivity index (χ4v) is 3.91. The van der Waals surface area contributed by atoms with Crippen molar-refractivity contribution < 1.29 is 9.53 Å². The number of carbonyl (C=O) groups is 1. The van der Waals surface area contributed by atoms with Crippen molar-refractivity contribution in [3.05, 3.63) is 41.3 Å². The number of methoxy groups -OCH3 is 1. The summed E-state index contributed by atoms with van der Waals surface area (Å²) in [7, 11) is 1.66. The van der Waals surface area contributed by atoms with Gasteiger partial charge >= 0.3 is 0 Å². The topological polar surface area (TPSA) is 64.3 Å². The Labute approximate surface area is 152 Å². The minimum atomic E-state index is -0.657. The zero-order valence-corrected chi connectivity index (χ0v) is 15.3. The Hall–Kier alpha value is -1.56. The van der Waals surface area contributed by atoms with Crippen molar-refractivity contribution in [3.63, 3.8) is 0 Å². The zero-order valence-electron chi connectivity index (χ0n) is 13.7. The summed E-state index contributed by atoms with van der Waals surface area (Å²) in [6, 6.07) is 12.1. The lowest BCUT2D eigenvalue weighted by atomic mass is 9.98. The van der Waals surface area contributed by atoms with Gasteiger partial charge < -0.3 is 15.8 Å². The molecule has 0 saturated heterocycles. The molecular weight excluding hydrogens is 344 g/mol. The van der Waals surface area contributed by atoms with E-state index < -0.39 is 5.54 Å². The first-order valence-electron chi connectivity index (χ1n) is 7.91. The molecule has 1 fully saturated rings. The lowest BCUT2D eigenvalue weighted by Crippen LogP contribution is -2.51. The smallest absolute Gasteiger partial charge is 0.240 e. The molecule has 0 atom stereocenters. The van der Waals surface area contributed by atoms with E-state index >= 15 is 0 Å². The Morgan fingerprint density at radius 2 is 1.88 bits per heavy atom. The zero-order chi connectivity index (χ0) is 16.3. The molecule has 1 aliphatic rings. The van der Waals surface area contributed by atoms with Crippen molar-refractivity contribution >= 4 is 29.7 Å². The van der Waals surface area contributed by atoms with E-state index in [0.717, 1.165) is 41.9 Å². The SMILES string of the molecule is COc1ccc(-c2ccc(CNC(=O)C3(N)CCCC3)s2)cc1.Cl. The third-order valence-corrected chi connectivity index (χ3v) is 5.54. The molecular formula is C18H23ClN2O2S. The van der Waals surface area contributed by atoms with E-state index in [1.807, 2.05) is 24.3 Å². The van der Waals surface area contributed by atoms with Gasteiger partial charge in [-0.15, -0.1) is 23.7 Å². The van der Waals surface area contributed by atoms with E-state index in [1.54, 1.807) is 18.4 Å². The summed E-state index contributed by atoms with van der Waals surface area (Å²) >= 11 is 1.69. The number of hydrogen-bond donors (Lipinski definition) is 2. The van der Waals surface area contributed by atoms with Gasteiger partial charge in [0.05, 0.1) is 19.2 Å². The standard InChI is InChI=1S/C18H22N2O2S.ClH/c1-22-14-6-4-13(5-7-14)16-9-8-15(23-16)12-20-17(21)18(19)10-2-3-11-18;/h4-9H,2-3,10-12,19H2,1H3,(H,20,21);1H. The van der Waals surface area contributed by atoms with Gasteiger partial charge in [-0.1, -0.05) is 12.8 Å². The van der Waals surface area contributed by atoms with Gasteiger partial charge in [0, 0.05) is 9.75 Å². The van der Waals surface area contributed by atoms with Crippen LogP contribution in [0.2, 0.25) is 0 Å². The molecule has 1 saturated carbocycles.